The van der Waals surface area contributed by atoms with E-state index >= 15 is 0 Å². The minimum Gasteiger partial charge on any atom is -0.275 e. The molecule has 2 aromatic carbocycles. The monoisotopic (exact) mass is 435 g/mol. The van der Waals surface area contributed by atoms with Crippen LogP contribution in [0.2, 0.25) is 0 Å². The zero-order valence-electron chi connectivity index (χ0n) is 14.5. The summed E-state index contributed by atoms with van der Waals surface area (Å²) in [5.41, 5.74) is -0.676. The molecule has 0 heterocycles. The normalized spacial score (nSPS) is 12.7. The lowest BCUT2D eigenvalue weighted by molar-refractivity contribution is 0.590. The molecule has 0 fully saturated rings. The number of sulfone groups is 2. The second kappa shape index (κ2) is 7.56. The molecule has 2 aromatic rings. The molecule has 0 atom stereocenters. The summed E-state index contributed by atoms with van der Waals surface area (Å²) in [7, 11) is -11.7. The van der Waals surface area contributed by atoms with E-state index < -0.39 is 46.1 Å². The Morgan fingerprint density at radius 1 is 0.778 bits per heavy atom. The average molecular weight is 436 g/mol. The zero-order valence-corrected chi connectivity index (χ0v) is 17.0. The molecule has 2 rings (SSSR count). The van der Waals surface area contributed by atoms with Crippen LogP contribution in [0.5, 0.6) is 0 Å². The maximum atomic E-state index is 14.2. The molecule has 0 aliphatic heterocycles. The van der Waals surface area contributed by atoms with Gasteiger partial charge >= 0.3 is 0 Å². The van der Waals surface area contributed by atoms with Crippen molar-refractivity contribution in [3.8, 4) is 0 Å². The summed E-state index contributed by atoms with van der Waals surface area (Å²) in [5, 5.41) is 0. The van der Waals surface area contributed by atoms with Crippen molar-refractivity contribution in [1.82, 2.24) is 0 Å². The van der Waals surface area contributed by atoms with Crippen molar-refractivity contribution in [1.29, 1.82) is 0 Å². The number of sulfonamides is 1. The number of rotatable bonds is 7. The Hall–Kier alpha value is -1.98. The largest absolute Gasteiger partial charge is 0.275 e. The Balaban J connectivity index is 2.49. The van der Waals surface area contributed by atoms with E-state index in [0.717, 1.165) is 36.4 Å². The molecule has 27 heavy (non-hydrogen) atoms. The lowest BCUT2D eigenvalue weighted by atomic mass is 10.3. The van der Waals surface area contributed by atoms with Crippen LogP contribution in [0, 0.1) is 5.82 Å². The average Bonchev–Trinajstić information content (AvgIpc) is 2.63. The Labute approximate surface area is 158 Å². The van der Waals surface area contributed by atoms with Gasteiger partial charge in [-0.1, -0.05) is 19.9 Å². The van der Waals surface area contributed by atoms with Crippen LogP contribution >= 0.6 is 0 Å². The van der Waals surface area contributed by atoms with Gasteiger partial charge < -0.3 is 0 Å². The number of para-hydroxylation sites is 1. The molecule has 0 aromatic heterocycles. The highest BCUT2D eigenvalue weighted by atomic mass is 32.2. The van der Waals surface area contributed by atoms with Gasteiger partial charge in [0, 0.05) is 0 Å². The van der Waals surface area contributed by atoms with Crippen molar-refractivity contribution in [2.45, 2.75) is 28.5 Å². The molecule has 11 heteroatoms. The van der Waals surface area contributed by atoms with Crippen LogP contribution < -0.4 is 4.72 Å². The van der Waals surface area contributed by atoms with E-state index in [1.165, 1.54) is 19.9 Å². The lowest BCUT2D eigenvalue weighted by Gasteiger charge is -2.13. The molecular weight excluding hydrogens is 417 g/mol. The first kappa shape index (κ1) is 21.3. The van der Waals surface area contributed by atoms with E-state index in [4.69, 9.17) is 0 Å². The Bertz CT molecular complexity index is 1160. The zero-order chi connectivity index (χ0) is 20.5. The summed E-state index contributed by atoms with van der Waals surface area (Å²) in [4.78, 5) is -0.858. The minimum atomic E-state index is -4.35. The lowest BCUT2D eigenvalue weighted by Crippen LogP contribution is -2.17. The standard InChI is InChI=1S/C16H18FNO6S3/c1-3-25(19,20)12-8-10-13(11-9-12)27(23,24)18-16-14(17)6-5-7-15(16)26(21,22)4-2/h5-11,18H,3-4H2,1-2H3. The number of hydrogen-bond acceptors (Lipinski definition) is 6. The van der Waals surface area contributed by atoms with Gasteiger partial charge in [0.2, 0.25) is 0 Å². The summed E-state index contributed by atoms with van der Waals surface area (Å²) in [6, 6.07) is 7.57. The third-order valence-electron chi connectivity index (χ3n) is 3.80. The van der Waals surface area contributed by atoms with Crippen LogP contribution in [0.3, 0.4) is 0 Å². The molecular formula is C16H18FNO6S3. The van der Waals surface area contributed by atoms with Gasteiger partial charge in [-0.2, -0.15) is 0 Å². The van der Waals surface area contributed by atoms with Crippen molar-refractivity contribution in [3.05, 3.63) is 48.3 Å². The molecule has 0 saturated carbocycles. The van der Waals surface area contributed by atoms with Crippen molar-refractivity contribution in [2.24, 2.45) is 0 Å². The van der Waals surface area contributed by atoms with Gasteiger partial charge in [-0.25, -0.2) is 29.6 Å². The second-order valence-electron chi connectivity index (χ2n) is 5.50. The fraction of sp³-hybridized carbons (Fsp3) is 0.250. The van der Waals surface area contributed by atoms with Gasteiger partial charge in [0.05, 0.1) is 26.2 Å². The Morgan fingerprint density at radius 2 is 1.30 bits per heavy atom. The Kier molecular flexibility index (Phi) is 5.97. The van der Waals surface area contributed by atoms with E-state index in [0.29, 0.717) is 0 Å². The topological polar surface area (TPSA) is 114 Å². The van der Waals surface area contributed by atoms with E-state index in [2.05, 4.69) is 0 Å². The van der Waals surface area contributed by atoms with Crippen molar-refractivity contribution in [2.75, 3.05) is 16.2 Å². The van der Waals surface area contributed by atoms with Gasteiger partial charge in [-0.05, 0) is 36.4 Å². The number of benzene rings is 2. The third kappa shape index (κ3) is 4.47. The number of hydrogen-bond donors (Lipinski definition) is 1. The first-order chi connectivity index (χ1) is 12.4. The maximum Gasteiger partial charge on any atom is 0.262 e. The Morgan fingerprint density at radius 3 is 1.81 bits per heavy atom. The van der Waals surface area contributed by atoms with Crippen LogP contribution in [0.15, 0.2) is 57.2 Å². The SMILES string of the molecule is CCS(=O)(=O)c1ccc(S(=O)(=O)Nc2c(F)cccc2S(=O)(=O)CC)cc1. The minimum absolute atomic E-state index is 0.0518. The molecule has 1 N–H and O–H groups in total. The van der Waals surface area contributed by atoms with Crippen molar-refractivity contribution >= 4 is 35.4 Å². The van der Waals surface area contributed by atoms with Crippen LogP contribution in [-0.2, 0) is 29.7 Å². The van der Waals surface area contributed by atoms with Crippen LogP contribution in [0.1, 0.15) is 13.8 Å². The summed E-state index contributed by atoms with van der Waals surface area (Å²) in [6.45, 7) is 2.81. The number of nitrogens with one attached hydrogen (secondary N) is 1. The van der Waals surface area contributed by atoms with E-state index in [9.17, 15) is 29.6 Å². The van der Waals surface area contributed by atoms with Gasteiger partial charge in [0.15, 0.2) is 19.7 Å². The predicted molar refractivity (Wildman–Crippen MR) is 99.1 cm³/mol. The summed E-state index contributed by atoms with van der Waals surface area (Å²) < 4.78 is 89.0. The van der Waals surface area contributed by atoms with Crippen LogP contribution in [0.4, 0.5) is 10.1 Å². The summed E-state index contributed by atoms with van der Waals surface area (Å²) >= 11 is 0. The van der Waals surface area contributed by atoms with E-state index in [1.807, 2.05) is 4.72 Å². The maximum absolute atomic E-state index is 14.2. The highest BCUT2D eigenvalue weighted by molar-refractivity contribution is 7.93. The molecule has 0 bridgehead atoms. The van der Waals surface area contributed by atoms with Crippen LogP contribution in [-0.4, -0.2) is 36.8 Å². The molecule has 0 saturated heterocycles. The predicted octanol–water partition coefficient (Wildman–Crippen LogP) is 2.21. The van der Waals surface area contributed by atoms with Gasteiger partial charge in [-0.15, -0.1) is 0 Å². The first-order valence-electron chi connectivity index (χ1n) is 7.81. The van der Waals surface area contributed by atoms with E-state index in [-0.39, 0.29) is 21.3 Å². The quantitative estimate of drug-likeness (QED) is 0.713. The summed E-state index contributed by atoms with van der Waals surface area (Å²) in [6.07, 6.45) is 0. The molecule has 0 unspecified atom stereocenters. The molecule has 7 nitrogen and oxygen atoms in total. The highest BCUT2D eigenvalue weighted by Gasteiger charge is 2.24. The molecule has 0 radical (unpaired) electrons. The fourth-order valence-corrected chi connectivity index (χ4v) is 5.30. The second-order valence-corrected chi connectivity index (χ2v) is 11.7. The summed E-state index contributed by atoms with van der Waals surface area (Å²) in [5.74, 6) is -1.53. The smallest absolute Gasteiger partial charge is 0.262 e. The van der Waals surface area contributed by atoms with Gasteiger partial charge in [-0.3, -0.25) is 4.72 Å². The van der Waals surface area contributed by atoms with Crippen molar-refractivity contribution < 1.29 is 29.6 Å². The highest BCUT2D eigenvalue weighted by Crippen LogP contribution is 2.28. The number of anilines is 1. The van der Waals surface area contributed by atoms with E-state index in [1.54, 1.807) is 0 Å². The van der Waals surface area contributed by atoms with Crippen molar-refractivity contribution in [3.63, 3.8) is 0 Å². The molecule has 0 spiro atoms. The molecule has 0 aliphatic carbocycles. The fourth-order valence-electron chi connectivity index (χ4n) is 2.20. The molecule has 0 amide bonds. The molecule has 0 aliphatic rings. The first-order valence-corrected chi connectivity index (χ1v) is 12.6. The molecule has 148 valence electrons. The third-order valence-corrected chi connectivity index (χ3v) is 8.69. The van der Waals surface area contributed by atoms with Crippen LogP contribution in [0.25, 0.3) is 0 Å². The van der Waals surface area contributed by atoms with Gasteiger partial charge in [0.1, 0.15) is 11.5 Å². The number of halogens is 1. The van der Waals surface area contributed by atoms with Gasteiger partial charge in [0.25, 0.3) is 10.0 Å².